The molecular weight excluding hydrogens is 304 g/mol. The molecule has 0 unspecified atom stereocenters. The third-order valence-corrected chi connectivity index (χ3v) is 4.54. The third kappa shape index (κ3) is 5.80. The molecule has 0 spiro atoms. The van der Waals surface area contributed by atoms with Crippen LogP contribution in [-0.4, -0.2) is 59.8 Å². The van der Waals surface area contributed by atoms with Gasteiger partial charge >= 0.3 is 6.09 Å². The summed E-state index contributed by atoms with van der Waals surface area (Å²) in [4.78, 5) is 16.6. The summed E-state index contributed by atoms with van der Waals surface area (Å²) in [7, 11) is 0. The van der Waals surface area contributed by atoms with E-state index in [1.165, 1.54) is 0 Å². The number of likely N-dealkylation sites (tertiary alicyclic amines) is 1. The van der Waals surface area contributed by atoms with Gasteiger partial charge in [-0.15, -0.1) is 0 Å². The Morgan fingerprint density at radius 1 is 1.38 bits per heavy atom. The van der Waals surface area contributed by atoms with Crippen molar-refractivity contribution in [3.8, 4) is 0 Å². The number of carbonyl (C=O) groups excluding carboxylic acids is 1. The molecule has 1 aromatic carbocycles. The Kier molecular flexibility index (Phi) is 7.53. The van der Waals surface area contributed by atoms with Crippen LogP contribution in [0.2, 0.25) is 0 Å². The predicted octanol–water partition coefficient (Wildman–Crippen LogP) is 2.74. The number of aliphatic hydroxyl groups is 1. The van der Waals surface area contributed by atoms with E-state index in [1.54, 1.807) is 0 Å². The van der Waals surface area contributed by atoms with Crippen molar-refractivity contribution in [3.05, 3.63) is 35.9 Å². The molecule has 1 N–H and O–H groups in total. The van der Waals surface area contributed by atoms with Gasteiger partial charge in [-0.2, -0.15) is 0 Å². The Bertz CT molecular complexity index is 491. The van der Waals surface area contributed by atoms with Gasteiger partial charge in [0.15, 0.2) is 0 Å². The number of amides is 1. The zero-order valence-electron chi connectivity index (χ0n) is 14.9. The van der Waals surface area contributed by atoms with Crippen molar-refractivity contribution in [2.75, 3.05) is 32.8 Å². The summed E-state index contributed by atoms with van der Waals surface area (Å²) in [6, 6.07) is 9.87. The van der Waals surface area contributed by atoms with E-state index in [4.69, 9.17) is 9.84 Å². The molecule has 0 aliphatic carbocycles. The maximum atomic E-state index is 12.5. The average Bonchev–Trinajstić information content (AvgIpc) is 2.59. The molecule has 1 aliphatic heterocycles. The van der Waals surface area contributed by atoms with E-state index in [2.05, 4.69) is 4.90 Å². The number of carbonyl (C=O) groups is 1. The highest BCUT2D eigenvalue weighted by atomic mass is 16.6. The summed E-state index contributed by atoms with van der Waals surface area (Å²) in [5.41, 5.74) is 1.00. The second-order valence-corrected chi connectivity index (χ2v) is 6.82. The van der Waals surface area contributed by atoms with Crippen LogP contribution in [0.1, 0.15) is 32.3 Å². The third-order valence-electron chi connectivity index (χ3n) is 4.54. The van der Waals surface area contributed by atoms with E-state index in [-0.39, 0.29) is 18.7 Å². The quantitative estimate of drug-likeness (QED) is 0.833. The standard InChI is InChI=1S/C19H30N2O3/c1-16(2)21(14-18-9-6-10-20(13-18)11-12-22)19(23)24-15-17-7-4-3-5-8-17/h3-5,7-8,16,18,22H,6,9-15H2,1-2H3/t18-/m1/s1. The molecule has 0 bridgehead atoms. The van der Waals surface area contributed by atoms with Crippen LogP contribution in [0.25, 0.3) is 0 Å². The van der Waals surface area contributed by atoms with Gasteiger partial charge in [-0.1, -0.05) is 30.3 Å². The summed E-state index contributed by atoms with van der Waals surface area (Å²) in [5, 5.41) is 9.12. The molecule has 0 saturated carbocycles. The van der Waals surface area contributed by atoms with Gasteiger partial charge in [0.25, 0.3) is 0 Å². The van der Waals surface area contributed by atoms with E-state index in [9.17, 15) is 4.79 Å². The minimum atomic E-state index is -0.242. The van der Waals surface area contributed by atoms with Gasteiger partial charge in [0.05, 0.1) is 6.61 Å². The fourth-order valence-corrected chi connectivity index (χ4v) is 3.22. The summed E-state index contributed by atoms with van der Waals surface area (Å²) < 4.78 is 5.50. The molecule has 24 heavy (non-hydrogen) atoms. The molecule has 1 aliphatic rings. The summed E-state index contributed by atoms with van der Waals surface area (Å²) in [5.74, 6) is 0.442. The molecule has 1 saturated heterocycles. The van der Waals surface area contributed by atoms with E-state index in [0.29, 0.717) is 19.1 Å². The van der Waals surface area contributed by atoms with Crippen molar-refractivity contribution in [3.63, 3.8) is 0 Å². The van der Waals surface area contributed by atoms with Crippen molar-refractivity contribution in [2.24, 2.45) is 5.92 Å². The predicted molar refractivity (Wildman–Crippen MR) is 94.7 cm³/mol. The maximum absolute atomic E-state index is 12.5. The molecule has 1 heterocycles. The highest BCUT2D eigenvalue weighted by Crippen LogP contribution is 2.19. The number of benzene rings is 1. The van der Waals surface area contributed by atoms with E-state index < -0.39 is 0 Å². The lowest BCUT2D eigenvalue weighted by atomic mass is 9.97. The number of ether oxygens (including phenoxy) is 1. The minimum Gasteiger partial charge on any atom is -0.445 e. The number of β-amino-alcohol motifs (C(OH)–C–C–N with tert-alkyl or cyclic N) is 1. The highest BCUT2D eigenvalue weighted by Gasteiger charge is 2.26. The normalized spacial score (nSPS) is 18.6. The SMILES string of the molecule is CC(C)N(C[C@@H]1CCCN(CCO)C1)C(=O)OCc1ccccc1. The number of hydrogen-bond acceptors (Lipinski definition) is 4. The van der Waals surface area contributed by atoms with E-state index in [0.717, 1.165) is 38.0 Å². The van der Waals surface area contributed by atoms with Gasteiger partial charge in [0.1, 0.15) is 6.61 Å². The van der Waals surface area contributed by atoms with Gasteiger partial charge in [0, 0.05) is 25.7 Å². The van der Waals surface area contributed by atoms with E-state index >= 15 is 0 Å². The first-order valence-electron chi connectivity index (χ1n) is 8.90. The average molecular weight is 334 g/mol. The fraction of sp³-hybridized carbons (Fsp3) is 0.632. The highest BCUT2D eigenvalue weighted by molar-refractivity contribution is 5.68. The largest absolute Gasteiger partial charge is 0.445 e. The van der Waals surface area contributed by atoms with Gasteiger partial charge in [0.2, 0.25) is 0 Å². The van der Waals surface area contributed by atoms with Crippen molar-refractivity contribution >= 4 is 6.09 Å². The lowest BCUT2D eigenvalue weighted by molar-refractivity contribution is 0.0651. The Morgan fingerprint density at radius 2 is 2.12 bits per heavy atom. The second-order valence-electron chi connectivity index (χ2n) is 6.82. The molecule has 2 rings (SSSR count). The fourth-order valence-electron chi connectivity index (χ4n) is 3.22. The van der Waals surface area contributed by atoms with Crippen molar-refractivity contribution in [2.45, 2.75) is 39.3 Å². The van der Waals surface area contributed by atoms with Crippen LogP contribution in [0.4, 0.5) is 4.79 Å². The zero-order chi connectivity index (χ0) is 17.4. The van der Waals surface area contributed by atoms with Gasteiger partial charge in [-0.05, 0) is 44.7 Å². The summed E-state index contributed by atoms with van der Waals surface area (Å²) in [6.45, 7) is 7.97. The Labute approximate surface area is 145 Å². The molecule has 134 valence electrons. The lowest BCUT2D eigenvalue weighted by Gasteiger charge is -2.36. The smallest absolute Gasteiger partial charge is 0.410 e. The Balaban J connectivity index is 1.87. The molecule has 1 fully saturated rings. The number of hydrogen-bond donors (Lipinski definition) is 1. The van der Waals surface area contributed by atoms with Crippen LogP contribution in [0, 0.1) is 5.92 Å². The minimum absolute atomic E-state index is 0.112. The first-order chi connectivity index (χ1) is 11.6. The Hall–Kier alpha value is -1.59. The number of piperidine rings is 1. The molecule has 5 nitrogen and oxygen atoms in total. The first kappa shape index (κ1) is 18.7. The number of rotatable bonds is 7. The number of nitrogens with zero attached hydrogens (tertiary/aromatic N) is 2. The van der Waals surface area contributed by atoms with Gasteiger partial charge < -0.3 is 19.6 Å². The zero-order valence-corrected chi connectivity index (χ0v) is 14.9. The van der Waals surface area contributed by atoms with Crippen LogP contribution in [-0.2, 0) is 11.3 Å². The maximum Gasteiger partial charge on any atom is 0.410 e. The molecule has 1 atom stereocenters. The van der Waals surface area contributed by atoms with Crippen molar-refractivity contribution < 1.29 is 14.6 Å². The van der Waals surface area contributed by atoms with Crippen LogP contribution in [0.15, 0.2) is 30.3 Å². The van der Waals surface area contributed by atoms with Gasteiger partial charge in [-0.25, -0.2) is 4.79 Å². The van der Waals surface area contributed by atoms with E-state index in [1.807, 2.05) is 49.1 Å². The van der Waals surface area contributed by atoms with Crippen LogP contribution in [0.3, 0.4) is 0 Å². The lowest BCUT2D eigenvalue weighted by Crippen LogP contribution is -2.46. The molecule has 0 radical (unpaired) electrons. The van der Waals surface area contributed by atoms with Crippen molar-refractivity contribution in [1.82, 2.24) is 9.80 Å². The van der Waals surface area contributed by atoms with Gasteiger partial charge in [-0.3, -0.25) is 0 Å². The van der Waals surface area contributed by atoms with Crippen LogP contribution in [0.5, 0.6) is 0 Å². The Morgan fingerprint density at radius 3 is 2.79 bits per heavy atom. The topological polar surface area (TPSA) is 53.0 Å². The second kappa shape index (κ2) is 9.64. The molecule has 1 amide bonds. The molecular formula is C19H30N2O3. The summed E-state index contributed by atoms with van der Waals surface area (Å²) in [6.07, 6.45) is 2.00. The van der Waals surface area contributed by atoms with Crippen LogP contribution < -0.4 is 0 Å². The van der Waals surface area contributed by atoms with Crippen molar-refractivity contribution in [1.29, 1.82) is 0 Å². The molecule has 5 heteroatoms. The first-order valence-corrected chi connectivity index (χ1v) is 8.90. The molecule has 0 aromatic heterocycles. The van der Waals surface area contributed by atoms with Crippen LogP contribution >= 0.6 is 0 Å². The number of aliphatic hydroxyl groups excluding tert-OH is 1. The monoisotopic (exact) mass is 334 g/mol. The summed E-state index contributed by atoms with van der Waals surface area (Å²) >= 11 is 0. The molecule has 1 aromatic rings.